The van der Waals surface area contributed by atoms with Crippen molar-refractivity contribution in [1.29, 1.82) is 0 Å². The molecule has 1 atom stereocenters. The van der Waals surface area contributed by atoms with E-state index in [1.807, 2.05) is 30.3 Å². The Bertz CT molecular complexity index is 671. The summed E-state index contributed by atoms with van der Waals surface area (Å²) in [5.41, 5.74) is 0. The lowest BCUT2D eigenvalue weighted by Crippen LogP contribution is -2.35. The van der Waals surface area contributed by atoms with Gasteiger partial charge in [-0.3, -0.25) is 9.80 Å². The van der Waals surface area contributed by atoms with Gasteiger partial charge < -0.3 is 9.26 Å². The Morgan fingerprint density at radius 1 is 1.24 bits per heavy atom. The van der Waals surface area contributed by atoms with E-state index in [1.54, 1.807) is 0 Å². The van der Waals surface area contributed by atoms with Crippen LogP contribution >= 0.6 is 0 Å². The molecule has 0 radical (unpaired) electrons. The van der Waals surface area contributed by atoms with Crippen LogP contribution in [0.4, 0.5) is 0 Å². The summed E-state index contributed by atoms with van der Waals surface area (Å²) in [5.74, 6) is 3.11. The monoisotopic (exact) mass is 342 g/mol. The number of likely N-dealkylation sites (N-methyl/N-ethyl adjacent to an activating group) is 1. The molecule has 25 heavy (non-hydrogen) atoms. The van der Waals surface area contributed by atoms with Crippen LogP contribution in [0, 0.1) is 0 Å². The summed E-state index contributed by atoms with van der Waals surface area (Å²) in [4.78, 5) is 9.35. The molecule has 1 aliphatic heterocycles. The number of likely N-dealkylation sites (tertiary alicyclic amines) is 1. The zero-order valence-electron chi connectivity index (χ0n) is 14.8. The Balaban J connectivity index is 1.20. The number of benzene rings is 1. The molecule has 2 aromatic rings. The van der Waals surface area contributed by atoms with Gasteiger partial charge in [-0.25, -0.2) is 0 Å². The third-order valence-electron chi connectivity index (χ3n) is 5.09. The average Bonchev–Trinajstić information content (AvgIpc) is 3.19. The normalized spacial score (nSPS) is 21.1. The van der Waals surface area contributed by atoms with E-state index < -0.39 is 0 Å². The molecular formula is C19H26N4O2. The first-order valence-corrected chi connectivity index (χ1v) is 9.21. The number of ether oxygens (including phenoxy) is 1. The highest BCUT2D eigenvalue weighted by Gasteiger charge is 2.30. The molecule has 1 unspecified atom stereocenters. The van der Waals surface area contributed by atoms with Crippen LogP contribution in [0.3, 0.4) is 0 Å². The molecule has 1 saturated carbocycles. The first kappa shape index (κ1) is 16.5. The van der Waals surface area contributed by atoms with Crippen molar-refractivity contribution in [2.24, 2.45) is 0 Å². The Kier molecular flexibility index (Phi) is 4.99. The largest absolute Gasteiger partial charge is 0.492 e. The quantitative estimate of drug-likeness (QED) is 0.735. The molecule has 0 bridgehead atoms. The second-order valence-electron chi connectivity index (χ2n) is 7.14. The number of nitrogens with zero attached hydrogens (tertiary/aromatic N) is 4. The topological polar surface area (TPSA) is 54.6 Å². The van der Waals surface area contributed by atoms with Gasteiger partial charge >= 0.3 is 0 Å². The maximum absolute atomic E-state index is 5.80. The molecule has 4 rings (SSSR count). The Morgan fingerprint density at radius 2 is 2.08 bits per heavy atom. The second-order valence-corrected chi connectivity index (χ2v) is 7.14. The zero-order valence-corrected chi connectivity index (χ0v) is 14.8. The van der Waals surface area contributed by atoms with E-state index in [0.717, 1.165) is 50.3 Å². The third-order valence-corrected chi connectivity index (χ3v) is 5.09. The fourth-order valence-electron chi connectivity index (χ4n) is 3.36. The van der Waals surface area contributed by atoms with Gasteiger partial charge in [0.25, 0.3) is 0 Å². The second kappa shape index (κ2) is 7.54. The van der Waals surface area contributed by atoms with E-state index in [0.29, 0.717) is 12.0 Å². The predicted molar refractivity (Wildman–Crippen MR) is 94.5 cm³/mol. The van der Waals surface area contributed by atoms with E-state index in [9.17, 15) is 0 Å². The Hall–Kier alpha value is -1.92. The minimum absolute atomic E-state index is 0.526. The van der Waals surface area contributed by atoms with Gasteiger partial charge in [0, 0.05) is 25.0 Å². The molecule has 2 heterocycles. The summed E-state index contributed by atoms with van der Waals surface area (Å²) in [6.45, 7) is 4.65. The van der Waals surface area contributed by atoms with Gasteiger partial charge in [-0.2, -0.15) is 4.98 Å². The molecule has 0 amide bonds. The van der Waals surface area contributed by atoms with Gasteiger partial charge in [0.05, 0.1) is 6.54 Å². The van der Waals surface area contributed by atoms with Crippen molar-refractivity contribution in [3.63, 3.8) is 0 Å². The maximum atomic E-state index is 5.80. The molecule has 0 N–H and O–H groups in total. The van der Waals surface area contributed by atoms with E-state index in [1.165, 1.54) is 19.3 Å². The van der Waals surface area contributed by atoms with Crippen molar-refractivity contribution >= 4 is 0 Å². The summed E-state index contributed by atoms with van der Waals surface area (Å²) in [5, 5.41) is 4.13. The summed E-state index contributed by atoms with van der Waals surface area (Å²) >= 11 is 0. The molecule has 1 saturated heterocycles. The van der Waals surface area contributed by atoms with Crippen molar-refractivity contribution < 1.29 is 9.26 Å². The van der Waals surface area contributed by atoms with Crippen molar-refractivity contribution in [2.75, 3.05) is 33.3 Å². The lowest BCUT2D eigenvalue weighted by Gasteiger charge is -2.23. The van der Waals surface area contributed by atoms with Crippen LogP contribution in [0.25, 0.3) is 0 Å². The minimum atomic E-state index is 0.526. The number of rotatable bonds is 8. The predicted octanol–water partition coefficient (Wildman–Crippen LogP) is 2.53. The van der Waals surface area contributed by atoms with Crippen LogP contribution in [0.15, 0.2) is 34.9 Å². The third kappa shape index (κ3) is 4.38. The lowest BCUT2D eigenvalue weighted by atomic mass is 10.2. The van der Waals surface area contributed by atoms with Crippen molar-refractivity contribution in [3.8, 4) is 5.75 Å². The van der Waals surface area contributed by atoms with Gasteiger partial charge in [-0.05, 0) is 45.0 Å². The summed E-state index contributed by atoms with van der Waals surface area (Å²) in [6, 6.07) is 10.6. The van der Waals surface area contributed by atoms with E-state index in [2.05, 4.69) is 27.0 Å². The smallest absolute Gasteiger partial charge is 0.229 e. The molecule has 0 spiro atoms. The fourth-order valence-corrected chi connectivity index (χ4v) is 3.36. The molecular weight excluding hydrogens is 316 g/mol. The van der Waals surface area contributed by atoms with Gasteiger partial charge in [-0.15, -0.1) is 0 Å². The minimum Gasteiger partial charge on any atom is -0.492 e. The molecule has 1 aromatic carbocycles. The first-order valence-electron chi connectivity index (χ1n) is 9.21. The number of hydrogen-bond donors (Lipinski definition) is 0. The van der Waals surface area contributed by atoms with Crippen LogP contribution < -0.4 is 4.74 Å². The molecule has 1 aromatic heterocycles. The number of hydrogen-bond acceptors (Lipinski definition) is 6. The Labute approximate surface area is 148 Å². The summed E-state index contributed by atoms with van der Waals surface area (Å²) < 4.78 is 11.2. The highest BCUT2D eigenvalue weighted by Crippen LogP contribution is 2.38. The summed E-state index contributed by atoms with van der Waals surface area (Å²) in [6.07, 6.45) is 3.56. The van der Waals surface area contributed by atoms with Gasteiger partial charge in [0.1, 0.15) is 12.4 Å². The fraction of sp³-hybridized carbons (Fsp3) is 0.579. The summed E-state index contributed by atoms with van der Waals surface area (Å²) in [7, 11) is 2.15. The van der Waals surface area contributed by atoms with Crippen LogP contribution in [0.2, 0.25) is 0 Å². The van der Waals surface area contributed by atoms with Crippen LogP contribution in [-0.2, 0) is 6.54 Å². The van der Waals surface area contributed by atoms with E-state index >= 15 is 0 Å². The van der Waals surface area contributed by atoms with Crippen LogP contribution in [0.1, 0.15) is 36.9 Å². The molecule has 6 heteroatoms. The Morgan fingerprint density at radius 3 is 2.88 bits per heavy atom. The van der Waals surface area contributed by atoms with Crippen molar-refractivity contribution in [2.45, 2.75) is 37.8 Å². The average molecular weight is 342 g/mol. The van der Waals surface area contributed by atoms with Gasteiger partial charge in [-0.1, -0.05) is 23.4 Å². The highest BCUT2D eigenvalue weighted by atomic mass is 16.5. The number of aromatic nitrogens is 2. The zero-order chi connectivity index (χ0) is 17.1. The van der Waals surface area contributed by atoms with Crippen LogP contribution in [-0.4, -0.2) is 59.3 Å². The first-order chi connectivity index (χ1) is 12.3. The molecule has 1 aliphatic carbocycles. The molecule has 2 aliphatic rings. The standard InChI is InChI=1S/C19H26N4O2/c1-22(14-18-20-19(25-21-18)15-7-8-15)16-9-10-23(13-16)11-12-24-17-5-3-2-4-6-17/h2-6,15-16H,7-14H2,1H3. The SMILES string of the molecule is CN(Cc1noc(C2CC2)n1)C1CCN(CCOc2ccccc2)C1. The van der Waals surface area contributed by atoms with Crippen LogP contribution in [0.5, 0.6) is 5.75 Å². The molecule has 6 nitrogen and oxygen atoms in total. The molecule has 134 valence electrons. The van der Waals surface area contributed by atoms with Gasteiger partial charge in [0.15, 0.2) is 5.82 Å². The maximum Gasteiger partial charge on any atom is 0.229 e. The van der Waals surface area contributed by atoms with Crippen molar-refractivity contribution in [3.05, 3.63) is 42.0 Å². The highest BCUT2D eigenvalue weighted by molar-refractivity contribution is 5.20. The van der Waals surface area contributed by atoms with E-state index in [4.69, 9.17) is 9.26 Å². The number of para-hydroxylation sites is 1. The van der Waals surface area contributed by atoms with E-state index in [-0.39, 0.29) is 0 Å². The lowest BCUT2D eigenvalue weighted by molar-refractivity contribution is 0.200. The molecule has 2 fully saturated rings. The van der Waals surface area contributed by atoms with Gasteiger partial charge in [0.2, 0.25) is 5.89 Å². The van der Waals surface area contributed by atoms with Crippen molar-refractivity contribution in [1.82, 2.24) is 19.9 Å².